The zero-order chi connectivity index (χ0) is 11.0. The molecule has 3 nitrogen and oxygen atoms in total. The van der Waals surface area contributed by atoms with Crippen LogP contribution in [0.3, 0.4) is 0 Å². The van der Waals surface area contributed by atoms with E-state index in [1.807, 2.05) is 0 Å². The predicted molar refractivity (Wildman–Crippen MR) is 58.7 cm³/mol. The van der Waals surface area contributed by atoms with Crippen LogP contribution in [0.25, 0.3) is 0 Å². The number of hydrogen-bond donors (Lipinski definition) is 1. The molecule has 15 heavy (non-hydrogen) atoms. The lowest BCUT2D eigenvalue weighted by Crippen LogP contribution is -2.34. The van der Waals surface area contributed by atoms with E-state index in [0.29, 0.717) is 24.3 Å². The fraction of sp³-hybridized carbons (Fsp3) is 0.917. The second kappa shape index (κ2) is 4.12. The lowest BCUT2D eigenvalue weighted by atomic mass is 9.78. The van der Waals surface area contributed by atoms with Crippen molar-refractivity contribution < 1.29 is 9.90 Å². The molecule has 0 radical (unpaired) electrons. The Balaban J connectivity index is 1.98. The first-order chi connectivity index (χ1) is 7.08. The van der Waals surface area contributed by atoms with Crippen LogP contribution in [0.1, 0.15) is 39.5 Å². The van der Waals surface area contributed by atoms with Gasteiger partial charge in [0.2, 0.25) is 0 Å². The number of carboxylic acid groups (broad SMARTS) is 1. The monoisotopic (exact) mass is 211 g/mol. The van der Waals surface area contributed by atoms with Crippen LogP contribution in [0, 0.1) is 11.8 Å². The van der Waals surface area contributed by atoms with Gasteiger partial charge in [-0.05, 0) is 44.9 Å². The van der Waals surface area contributed by atoms with Crippen molar-refractivity contribution in [2.75, 3.05) is 6.54 Å². The minimum Gasteiger partial charge on any atom is -0.481 e. The Bertz CT molecular complexity index is 252. The van der Waals surface area contributed by atoms with Crippen LogP contribution in [-0.4, -0.2) is 34.6 Å². The molecule has 3 atom stereocenters. The Kier molecular flexibility index (Phi) is 3.01. The zero-order valence-corrected chi connectivity index (χ0v) is 9.65. The average Bonchev–Trinajstić information content (AvgIpc) is 2.49. The summed E-state index contributed by atoms with van der Waals surface area (Å²) in [6.07, 6.45) is 3.93. The van der Waals surface area contributed by atoms with Gasteiger partial charge in [-0.1, -0.05) is 0 Å². The summed E-state index contributed by atoms with van der Waals surface area (Å²) < 4.78 is 0. The maximum absolute atomic E-state index is 10.7. The molecule has 0 aromatic rings. The third-order valence-electron chi connectivity index (χ3n) is 4.13. The number of rotatable bonds is 3. The van der Waals surface area contributed by atoms with Crippen molar-refractivity contribution in [1.29, 1.82) is 0 Å². The van der Waals surface area contributed by atoms with Crippen LogP contribution in [0.15, 0.2) is 0 Å². The van der Waals surface area contributed by atoms with Crippen LogP contribution in [0.4, 0.5) is 0 Å². The maximum atomic E-state index is 10.7. The molecule has 2 bridgehead atoms. The molecule has 0 spiro atoms. The van der Waals surface area contributed by atoms with Crippen molar-refractivity contribution >= 4 is 5.97 Å². The van der Waals surface area contributed by atoms with Crippen molar-refractivity contribution in [3.8, 4) is 0 Å². The zero-order valence-electron chi connectivity index (χ0n) is 9.65. The number of hydrogen-bond acceptors (Lipinski definition) is 2. The molecule has 1 heterocycles. The third kappa shape index (κ3) is 2.17. The van der Waals surface area contributed by atoms with Gasteiger partial charge in [0.25, 0.3) is 0 Å². The topological polar surface area (TPSA) is 40.5 Å². The van der Waals surface area contributed by atoms with Gasteiger partial charge >= 0.3 is 5.97 Å². The molecule has 3 unspecified atom stereocenters. The second-order valence-electron chi connectivity index (χ2n) is 5.38. The van der Waals surface area contributed by atoms with Crippen LogP contribution in [0.2, 0.25) is 0 Å². The summed E-state index contributed by atoms with van der Waals surface area (Å²) in [4.78, 5) is 13.3. The molecule has 0 aromatic carbocycles. The summed E-state index contributed by atoms with van der Waals surface area (Å²) in [6.45, 7) is 5.61. The fourth-order valence-corrected chi connectivity index (χ4v) is 3.37. The van der Waals surface area contributed by atoms with E-state index in [4.69, 9.17) is 5.11 Å². The van der Waals surface area contributed by atoms with Gasteiger partial charge in [0.05, 0.1) is 0 Å². The molecule has 1 saturated carbocycles. The first-order valence-corrected chi connectivity index (χ1v) is 6.05. The second-order valence-corrected chi connectivity index (χ2v) is 5.38. The van der Waals surface area contributed by atoms with E-state index in [0.717, 1.165) is 19.0 Å². The number of nitrogens with zero attached hydrogens (tertiary/aromatic N) is 1. The Morgan fingerprint density at radius 2 is 2.20 bits per heavy atom. The number of carboxylic acids is 1. The minimum atomic E-state index is -0.624. The van der Waals surface area contributed by atoms with Crippen LogP contribution in [-0.2, 0) is 4.79 Å². The highest BCUT2D eigenvalue weighted by Gasteiger charge is 2.41. The van der Waals surface area contributed by atoms with E-state index in [1.165, 1.54) is 12.8 Å². The van der Waals surface area contributed by atoms with E-state index in [2.05, 4.69) is 18.7 Å². The summed E-state index contributed by atoms with van der Waals surface area (Å²) >= 11 is 0. The molecular formula is C12H21NO2. The maximum Gasteiger partial charge on any atom is 0.303 e. The summed E-state index contributed by atoms with van der Waals surface area (Å²) in [5.74, 6) is 0.450. The first-order valence-electron chi connectivity index (χ1n) is 6.05. The molecule has 0 amide bonds. The van der Waals surface area contributed by atoms with E-state index in [-0.39, 0.29) is 0 Å². The van der Waals surface area contributed by atoms with Crippen LogP contribution in [0.5, 0.6) is 0 Å². The Hall–Kier alpha value is -0.570. The van der Waals surface area contributed by atoms with Crippen molar-refractivity contribution in [1.82, 2.24) is 4.90 Å². The molecule has 1 N–H and O–H groups in total. The quantitative estimate of drug-likeness (QED) is 0.776. The third-order valence-corrected chi connectivity index (χ3v) is 4.13. The minimum absolute atomic E-state index is 0.378. The number of fused-ring (bicyclic) bond motifs is 2. The average molecular weight is 211 g/mol. The molecule has 2 rings (SSSR count). The van der Waals surface area contributed by atoms with Gasteiger partial charge in [0.15, 0.2) is 0 Å². The van der Waals surface area contributed by atoms with Crippen molar-refractivity contribution in [2.24, 2.45) is 11.8 Å². The summed E-state index contributed by atoms with van der Waals surface area (Å²) in [6, 6.07) is 1.35. The normalized spacial score (nSPS) is 36.1. The summed E-state index contributed by atoms with van der Waals surface area (Å²) in [5, 5.41) is 8.85. The molecule has 2 fully saturated rings. The van der Waals surface area contributed by atoms with Crippen LogP contribution >= 0.6 is 0 Å². The largest absolute Gasteiger partial charge is 0.481 e. The van der Waals surface area contributed by atoms with E-state index >= 15 is 0 Å². The van der Waals surface area contributed by atoms with Gasteiger partial charge in [-0.3, -0.25) is 9.69 Å². The van der Waals surface area contributed by atoms with E-state index < -0.39 is 5.97 Å². The van der Waals surface area contributed by atoms with Crippen LogP contribution < -0.4 is 0 Å². The van der Waals surface area contributed by atoms with Crippen molar-refractivity contribution in [2.45, 2.75) is 51.6 Å². The predicted octanol–water partition coefficient (Wildman–Crippen LogP) is 1.97. The molecule has 1 aliphatic carbocycles. The van der Waals surface area contributed by atoms with E-state index in [1.54, 1.807) is 0 Å². The number of likely N-dealkylation sites (tertiary alicyclic amines) is 1. The highest BCUT2D eigenvalue weighted by atomic mass is 16.4. The van der Waals surface area contributed by atoms with Gasteiger partial charge in [-0.15, -0.1) is 0 Å². The van der Waals surface area contributed by atoms with Gasteiger partial charge in [-0.25, -0.2) is 0 Å². The highest BCUT2D eigenvalue weighted by Crippen LogP contribution is 2.41. The highest BCUT2D eigenvalue weighted by molar-refractivity contribution is 5.67. The van der Waals surface area contributed by atoms with Gasteiger partial charge in [-0.2, -0.15) is 0 Å². The SMILES string of the molecule is CC(C)N1CC2CC1CCC2CC(=O)O. The standard InChI is InChI=1S/C12H21NO2/c1-8(2)13-7-10-5-11(13)4-3-9(10)6-12(14)15/h8-11H,3-7H2,1-2H3,(H,14,15). The van der Waals surface area contributed by atoms with Crippen molar-refractivity contribution in [3.05, 3.63) is 0 Å². The molecule has 86 valence electrons. The Labute approximate surface area is 91.5 Å². The molecular weight excluding hydrogens is 190 g/mol. The smallest absolute Gasteiger partial charge is 0.303 e. The lowest BCUT2D eigenvalue weighted by Gasteiger charge is -2.29. The van der Waals surface area contributed by atoms with Gasteiger partial charge < -0.3 is 5.11 Å². The van der Waals surface area contributed by atoms with Gasteiger partial charge in [0.1, 0.15) is 0 Å². The summed E-state index contributed by atoms with van der Waals surface area (Å²) in [5.41, 5.74) is 0. The number of carbonyl (C=O) groups is 1. The lowest BCUT2D eigenvalue weighted by molar-refractivity contribution is -0.138. The molecule has 3 heteroatoms. The number of aliphatic carboxylic acids is 1. The molecule has 0 aromatic heterocycles. The van der Waals surface area contributed by atoms with E-state index in [9.17, 15) is 4.79 Å². The Morgan fingerprint density at radius 1 is 1.47 bits per heavy atom. The molecule has 1 saturated heterocycles. The summed E-state index contributed by atoms with van der Waals surface area (Å²) in [7, 11) is 0. The first kappa shape index (κ1) is 10.9. The van der Waals surface area contributed by atoms with Crippen molar-refractivity contribution in [3.63, 3.8) is 0 Å². The molecule has 1 aliphatic heterocycles. The Morgan fingerprint density at radius 3 is 2.80 bits per heavy atom. The molecule has 2 aliphatic rings. The van der Waals surface area contributed by atoms with Gasteiger partial charge in [0, 0.05) is 25.0 Å². The fourth-order valence-electron chi connectivity index (χ4n) is 3.37.